The summed E-state index contributed by atoms with van der Waals surface area (Å²) < 4.78 is 6.75. The number of hydrogen-bond acceptors (Lipinski definition) is 9. The van der Waals surface area contributed by atoms with Crippen LogP contribution in [-0.4, -0.2) is 54.6 Å². The SMILES string of the molecule is CNc1nc(N)nc2c1ncn2[C@@H]1OC(CO)=C(O)C1O. The van der Waals surface area contributed by atoms with Crippen LogP contribution in [0.25, 0.3) is 11.2 Å². The van der Waals surface area contributed by atoms with Crippen molar-refractivity contribution in [2.24, 2.45) is 0 Å². The summed E-state index contributed by atoms with van der Waals surface area (Å²) in [6.07, 6.45) is -0.934. The first kappa shape index (κ1) is 13.4. The number of ether oxygens (including phenoxy) is 1. The maximum absolute atomic E-state index is 10.0. The van der Waals surface area contributed by atoms with Crippen LogP contribution in [0, 0.1) is 0 Å². The highest BCUT2D eigenvalue weighted by atomic mass is 16.5. The van der Waals surface area contributed by atoms with Crippen LogP contribution in [0.3, 0.4) is 0 Å². The Hall–Kier alpha value is -2.59. The van der Waals surface area contributed by atoms with E-state index in [4.69, 9.17) is 15.6 Å². The van der Waals surface area contributed by atoms with E-state index < -0.39 is 24.7 Å². The lowest BCUT2D eigenvalue weighted by Crippen LogP contribution is -2.22. The molecule has 0 amide bonds. The number of aromatic nitrogens is 4. The lowest BCUT2D eigenvalue weighted by atomic mass is 10.2. The van der Waals surface area contributed by atoms with Gasteiger partial charge in [0.1, 0.15) is 12.9 Å². The fraction of sp³-hybridized carbons (Fsp3) is 0.364. The fourth-order valence-electron chi connectivity index (χ4n) is 2.19. The number of hydrogen-bond donors (Lipinski definition) is 5. The maximum Gasteiger partial charge on any atom is 0.224 e. The number of rotatable bonds is 3. The van der Waals surface area contributed by atoms with Gasteiger partial charge in [0.2, 0.25) is 12.2 Å². The number of anilines is 2. The monoisotopic (exact) mass is 294 g/mol. The summed E-state index contributed by atoms with van der Waals surface area (Å²) in [5.41, 5.74) is 6.42. The van der Waals surface area contributed by atoms with Crippen LogP contribution < -0.4 is 11.1 Å². The van der Waals surface area contributed by atoms with Crippen LogP contribution in [0.2, 0.25) is 0 Å². The average molecular weight is 294 g/mol. The molecule has 21 heavy (non-hydrogen) atoms. The van der Waals surface area contributed by atoms with Crippen molar-refractivity contribution in [3.63, 3.8) is 0 Å². The summed E-state index contributed by atoms with van der Waals surface area (Å²) in [7, 11) is 1.67. The van der Waals surface area contributed by atoms with Crippen LogP contribution in [0.4, 0.5) is 11.8 Å². The number of nitrogens with zero attached hydrogens (tertiary/aromatic N) is 4. The van der Waals surface area contributed by atoms with Crippen molar-refractivity contribution in [3.8, 4) is 0 Å². The van der Waals surface area contributed by atoms with Gasteiger partial charge in [-0.05, 0) is 0 Å². The van der Waals surface area contributed by atoms with Crippen molar-refractivity contribution in [2.45, 2.75) is 12.3 Å². The summed E-state index contributed by atoms with van der Waals surface area (Å²) >= 11 is 0. The Morgan fingerprint density at radius 3 is 2.86 bits per heavy atom. The Morgan fingerprint density at radius 1 is 1.48 bits per heavy atom. The van der Waals surface area contributed by atoms with Gasteiger partial charge in [0, 0.05) is 7.05 Å². The molecule has 0 aliphatic carbocycles. The van der Waals surface area contributed by atoms with Crippen molar-refractivity contribution >= 4 is 22.9 Å². The second-order valence-electron chi connectivity index (χ2n) is 4.42. The van der Waals surface area contributed by atoms with Gasteiger partial charge in [-0.3, -0.25) is 4.57 Å². The molecule has 2 aromatic rings. The molecule has 112 valence electrons. The fourth-order valence-corrected chi connectivity index (χ4v) is 2.19. The molecule has 3 heterocycles. The van der Waals surface area contributed by atoms with Gasteiger partial charge in [-0.1, -0.05) is 0 Å². The molecular weight excluding hydrogens is 280 g/mol. The van der Waals surface area contributed by atoms with Crippen LogP contribution in [0.1, 0.15) is 6.23 Å². The first-order chi connectivity index (χ1) is 10.1. The van der Waals surface area contributed by atoms with Crippen LogP contribution >= 0.6 is 0 Å². The van der Waals surface area contributed by atoms with Crippen molar-refractivity contribution in [1.82, 2.24) is 19.5 Å². The first-order valence-electron chi connectivity index (χ1n) is 6.12. The molecule has 6 N–H and O–H groups in total. The van der Waals surface area contributed by atoms with Crippen LogP contribution in [0.15, 0.2) is 17.8 Å². The topological polar surface area (TPSA) is 152 Å². The zero-order valence-electron chi connectivity index (χ0n) is 11.1. The van der Waals surface area contributed by atoms with Gasteiger partial charge in [-0.25, -0.2) is 4.98 Å². The van der Waals surface area contributed by atoms with Crippen molar-refractivity contribution in [2.75, 3.05) is 24.7 Å². The standard InChI is InChI=1S/C11H14N6O4/c1-13-8-5-9(16-11(12)15-8)17(3-14-5)10-7(20)6(19)4(2-18)21-10/h3,7,10,18-20H,2H2,1H3,(H3,12,13,15,16)/t7?,10-/m1/s1. The number of nitrogens with one attached hydrogen (secondary N) is 1. The Kier molecular flexibility index (Phi) is 3.03. The molecule has 0 saturated carbocycles. The van der Waals surface area contributed by atoms with Gasteiger partial charge in [0.15, 0.2) is 34.6 Å². The molecule has 10 heteroatoms. The smallest absolute Gasteiger partial charge is 0.224 e. The number of nitrogen functional groups attached to an aromatic ring is 1. The third-order valence-electron chi connectivity index (χ3n) is 3.19. The zero-order valence-corrected chi connectivity index (χ0v) is 11.1. The third-order valence-corrected chi connectivity index (χ3v) is 3.19. The molecular formula is C11H14N6O4. The molecule has 2 aromatic heterocycles. The van der Waals surface area contributed by atoms with E-state index in [9.17, 15) is 10.2 Å². The van der Waals surface area contributed by atoms with E-state index in [1.807, 2.05) is 0 Å². The van der Waals surface area contributed by atoms with Gasteiger partial charge in [-0.15, -0.1) is 0 Å². The van der Waals surface area contributed by atoms with Crippen molar-refractivity contribution in [1.29, 1.82) is 0 Å². The van der Waals surface area contributed by atoms with Crippen molar-refractivity contribution in [3.05, 3.63) is 17.8 Å². The minimum Gasteiger partial charge on any atom is -0.506 e. The first-order valence-corrected chi connectivity index (χ1v) is 6.12. The van der Waals surface area contributed by atoms with E-state index in [0.717, 1.165) is 0 Å². The minimum absolute atomic E-state index is 0.0284. The lowest BCUT2D eigenvalue weighted by molar-refractivity contribution is -0.0119. The van der Waals surface area contributed by atoms with Gasteiger partial charge >= 0.3 is 0 Å². The third kappa shape index (κ3) is 1.92. The summed E-state index contributed by atoms with van der Waals surface area (Å²) in [5, 5.41) is 31.6. The Bertz CT molecular complexity index is 727. The normalized spacial score (nSPS) is 21.9. The van der Waals surface area contributed by atoms with E-state index in [1.54, 1.807) is 7.05 Å². The number of nitrogens with two attached hydrogens (primary N) is 1. The van der Waals surface area contributed by atoms with E-state index in [-0.39, 0.29) is 11.7 Å². The number of imidazole rings is 1. The molecule has 0 bridgehead atoms. The molecule has 10 nitrogen and oxygen atoms in total. The van der Waals surface area contributed by atoms with Gasteiger partial charge in [0.05, 0.1) is 0 Å². The summed E-state index contributed by atoms with van der Waals surface area (Å²) in [6, 6.07) is 0. The zero-order chi connectivity index (χ0) is 15.1. The molecule has 0 aromatic carbocycles. The van der Waals surface area contributed by atoms with Gasteiger partial charge in [0.25, 0.3) is 0 Å². The minimum atomic E-state index is -1.33. The number of fused-ring (bicyclic) bond motifs is 1. The van der Waals surface area contributed by atoms with Crippen LogP contribution in [0.5, 0.6) is 0 Å². The van der Waals surface area contributed by atoms with Gasteiger partial charge in [-0.2, -0.15) is 9.97 Å². The highest BCUT2D eigenvalue weighted by Gasteiger charge is 2.37. The lowest BCUT2D eigenvalue weighted by Gasteiger charge is -2.17. The number of aliphatic hydroxyl groups excluding tert-OH is 3. The summed E-state index contributed by atoms with van der Waals surface area (Å²) in [6.45, 7) is -0.523. The highest BCUT2D eigenvalue weighted by molar-refractivity contribution is 5.84. The molecule has 2 atom stereocenters. The Labute approximate surface area is 118 Å². The largest absolute Gasteiger partial charge is 0.506 e. The summed E-state index contributed by atoms with van der Waals surface area (Å²) in [5.74, 6) is -0.0469. The molecule has 3 rings (SSSR count). The molecule has 0 fully saturated rings. The molecule has 1 aliphatic rings. The second kappa shape index (κ2) is 4.75. The Balaban J connectivity index is 2.09. The van der Waals surface area contributed by atoms with E-state index in [2.05, 4.69) is 20.3 Å². The quantitative estimate of drug-likeness (QED) is 0.485. The molecule has 0 radical (unpaired) electrons. The van der Waals surface area contributed by atoms with E-state index >= 15 is 0 Å². The molecule has 1 unspecified atom stereocenters. The average Bonchev–Trinajstić information content (AvgIpc) is 3.01. The predicted octanol–water partition coefficient (Wildman–Crippen LogP) is -0.898. The van der Waals surface area contributed by atoms with Crippen molar-refractivity contribution < 1.29 is 20.1 Å². The second-order valence-corrected chi connectivity index (χ2v) is 4.42. The van der Waals surface area contributed by atoms with E-state index in [1.165, 1.54) is 10.9 Å². The van der Waals surface area contributed by atoms with E-state index in [0.29, 0.717) is 17.0 Å². The Morgan fingerprint density at radius 2 is 2.24 bits per heavy atom. The van der Waals surface area contributed by atoms with Crippen LogP contribution in [-0.2, 0) is 4.74 Å². The predicted molar refractivity (Wildman–Crippen MR) is 72.2 cm³/mol. The molecule has 1 aliphatic heterocycles. The maximum atomic E-state index is 10.0. The summed E-state index contributed by atoms with van der Waals surface area (Å²) in [4.78, 5) is 12.2. The highest BCUT2D eigenvalue weighted by Crippen LogP contribution is 2.33. The molecule has 0 spiro atoms. The van der Waals surface area contributed by atoms with Gasteiger partial charge < -0.3 is 31.1 Å². The number of aliphatic hydroxyl groups is 3. The molecule has 0 saturated heterocycles.